The Morgan fingerprint density at radius 1 is 1.03 bits per heavy atom. The first-order valence-corrected chi connectivity index (χ1v) is 11.2. The van der Waals surface area contributed by atoms with Gasteiger partial charge in [0.15, 0.2) is 0 Å². The van der Waals surface area contributed by atoms with Crippen LogP contribution in [0.2, 0.25) is 0 Å². The van der Waals surface area contributed by atoms with Crippen molar-refractivity contribution < 1.29 is 29.0 Å². The second-order valence-corrected chi connectivity index (χ2v) is 8.55. The van der Waals surface area contributed by atoms with Crippen LogP contribution in [-0.2, 0) is 29.2 Å². The molecule has 0 saturated heterocycles. The highest BCUT2D eigenvalue weighted by Gasteiger charge is 2.37. The van der Waals surface area contributed by atoms with Gasteiger partial charge in [0.1, 0.15) is 17.9 Å². The Balaban J connectivity index is 1.61. The average Bonchev–Trinajstić information content (AvgIpc) is 3.19. The van der Waals surface area contributed by atoms with Crippen molar-refractivity contribution in [2.45, 2.75) is 38.6 Å². The van der Waals surface area contributed by atoms with Gasteiger partial charge in [0.05, 0.1) is 6.61 Å². The Labute approximate surface area is 201 Å². The third kappa shape index (κ3) is 5.07. The van der Waals surface area contributed by atoms with Crippen molar-refractivity contribution in [3.05, 3.63) is 94.8 Å². The molecule has 0 bridgehead atoms. The Morgan fingerprint density at radius 3 is 2.37 bits per heavy atom. The number of nitrogens with zero attached hydrogens (tertiary/aromatic N) is 1. The molecule has 0 unspecified atom stereocenters. The number of aliphatic hydroxyl groups excluding tert-OH is 1. The Hall–Kier alpha value is -4.04. The number of carboxylic acids is 1. The summed E-state index contributed by atoms with van der Waals surface area (Å²) in [6.07, 6.45) is 0.150. The molecule has 0 radical (unpaired) electrons. The minimum atomic E-state index is -1.18. The summed E-state index contributed by atoms with van der Waals surface area (Å²) in [5, 5.41) is 21.0. The summed E-state index contributed by atoms with van der Waals surface area (Å²) in [4.78, 5) is 38.9. The molecule has 3 aromatic rings. The van der Waals surface area contributed by atoms with Gasteiger partial charge in [0.25, 0.3) is 5.91 Å². The fraction of sp³-hybridized carbons (Fsp3) is 0.222. The largest absolute Gasteiger partial charge is 0.480 e. The Morgan fingerprint density at radius 2 is 1.71 bits per heavy atom. The number of carboxylic acid groups (broad SMARTS) is 1. The van der Waals surface area contributed by atoms with Crippen molar-refractivity contribution in [2.75, 3.05) is 0 Å². The molecule has 1 aliphatic heterocycles. The van der Waals surface area contributed by atoms with Gasteiger partial charge in [-0.25, -0.2) is 4.39 Å². The first-order valence-electron chi connectivity index (χ1n) is 11.2. The van der Waals surface area contributed by atoms with Gasteiger partial charge in [0, 0.05) is 24.1 Å². The quantitative estimate of drug-likeness (QED) is 0.463. The minimum Gasteiger partial charge on any atom is -0.480 e. The fourth-order valence-electron chi connectivity index (χ4n) is 4.18. The molecule has 0 spiro atoms. The number of fused-ring (bicyclic) bond motifs is 1. The van der Waals surface area contributed by atoms with E-state index in [1.54, 1.807) is 42.5 Å². The summed E-state index contributed by atoms with van der Waals surface area (Å²) < 4.78 is 14.3. The van der Waals surface area contributed by atoms with Gasteiger partial charge in [-0.15, -0.1) is 0 Å². The molecule has 3 N–H and O–H groups in total. The monoisotopic (exact) mass is 476 g/mol. The zero-order valence-electron chi connectivity index (χ0n) is 19.1. The van der Waals surface area contributed by atoms with Gasteiger partial charge in [-0.1, -0.05) is 48.5 Å². The molecule has 0 aromatic heterocycles. The van der Waals surface area contributed by atoms with E-state index in [1.165, 1.54) is 24.0 Å². The van der Waals surface area contributed by atoms with Crippen LogP contribution in [0.3, 0.4) is 0 Å². The predicted molar refractivity (Wildman–Crippen MR) is 127 cm³/mol. The lowest BCUT2D eigenvalue weighted by atomic mass is 9.98. The molecule has 35 heavy (non-hydrogen) atoms. The molecule has 180 valence electrons. The third-order valence-corrected chi connectivity index (χ3v) is 6.16. The van der Waals surface area contributed by atoms with Crippen molar-refractivity contribution in [1.82, 2.24) is 10.2 Å². The number of carbonyl (C=O) groups is 3. The van der Waals surface area contributed by atoms with E-state index in [1.807, 2.05) is 12.1 Å². The lowest BCUT2D eigenvalue weighted by molar-refractivity contribution is -0.142. The van der Waals surface area contributed by atoms with Gasteiger partial charge in [0.2, 0.25) is 5.91 Å². The van der Waals surface area contributed by atoms with E-state index >= 15 is 0 Å². The van der Waals surface area contributed by atoms with E-state index in [4.69, 9.17) is 0 Å². The number of hydrogen-bond donors (Lipinski definition) is 3. The molecule has 7 nitrogen and oxygen atoms in total. The summed E-state index contributed by atoms with van der Waals surface area (Å²) >= 11 is 0. The lowest BCUT2D eigenvalue weighted by Crippen LogP contribution is -2.51. The smallest absolute Gasteiger partial charge is 0.325 e. The molecule has 1 heterocycles. The summed E-state index contributed by atoms with van der Waals surface area (Å²) in [6.45, 7) is 1.40. The van der Waals surface area contributed by atoms with E-state index in [0.717, 1.165) is 11.1 Å². The van der Waals surface area contributed by atoms with E-state index < -0.39 is 29.8 Å². The van der Waals surface area contributed by atoms with Crippen LogP contribution in [0.1, 0.15) is 34.0 Å². The molecule has 8 heteroatoms. The maximum atomic E-state index is 14.3. The van der Waals surface area contributed by atoms with E-state index in [9.17, 15) is 29.0 Å². The third-order valence-electron chi connectivity index (χ3n) is 6.16. The number of nitrogens with one attached hydrogen (secondary N) is 1. The number of hydrogen-bond acceptors (Lipinski definition) is 4. The van der Waals surface area contributed by atoms with Crippen molar-refractivity contribution in [3.8, 4) is 11.1 Å². The van der Waals surface area contributed by atoms with Crippen LogP contribution in [-0.4, -0.2) is 45.0 Å². The summed E-state index contributed by atoms with van der Waals surface area (Å²) in [6, 6.07) is 16.4. The SMILES string of the molecule is C[C@H](NC(=O)[C@H](Cc1ccc(-c2cc(CO)ccc2F)cc1)N1Cc2ccccc2C1=O)C(=O)O. The van der Waals surface area contributed by atoms with Gasteiger partial charge in [-0.2, -0.15) is 0 Å². The lowest BCUT2D eigenvalue weighted by Gasteiger charge is -2.28. The maximum Gasteiger partial charge on any atom is 0.325 e. The van der Waals surface area contributed by atoms with Gasteiger partial charge in [-0.05, 0) is 47.4 Å². The van der Waals surface area contributed by atoms with Gasteiger partial charge < -0.3 is 20.4 Å². The summed E-state index contributed by atoms with van der Waals surface area (Å²) in [7, 11) is 0. The zero-order valence-corrected chi connectivity index (χ0v) is 19.1. The highest BCUT2D eigenvalue weighted by molar-refractivity contribution is 6.01. The molecule has 0 aliphatic carbocycles. The minimum absolute atomic E-state index is 0.150. The summed E-state index contributed by atoms with van der Waals surface area (Å²) in [5.41, 5.74) is 3.58. The van der Waals surface area contributed by atoms with E-state index in [0.29, 0.717) is 22.3 Å². The van der Waals surface area contributed by atoms with Crippen LogP contribution in [0.25, 0.3) is 11.1 Å². The molecular formula is C27H25FN2O5. The van der Waals surface area contributed by atoms with Crippen LogP contribution < -0.4 is 5.32 Å². The molecule has 0 fully saturated rings. The van der Waals surface area contributed by atoms with Crippen molar-refractivity contribution in [2.24, 2.45) is 0 Å². The van der Waals surface area contributed by atoms with E-state index in [-0.39, 0.29) is 25.5 Å². The number of aliphatic carboxylic acids is 1. The molecule has 3 aromatic carbocycles. The zero-order chi connectivity index (χ0) is 25.1. The topological polar surface area (TPSA) is 107 Å². The second-order valence-electron chi connectivity index (χ2n) is 8.55. The normalized spacial score (nSPS) is 14.4. The van der Waals surface area contributed by atoms with Crippen LogP contribution in [0.15, 0.2) is 66.7 Å². The number of aliphatic hydroxyl groups is 1. The summed E-state index contributed by atoms with van der Waals surface area (Å²) in [5.74, 6) is -2.45. The molecular weight excluding hydrogens is 451 g/mol. The first kappa shape index (κ1) is 24.1. The molecule has 4 rings (SSSR count). The second kappa shape index (κ2) is 10.1. The fourth-order valence-corrected chi connectivity index (χ4v) is 4.18. The highest BCUT2D eigenvalue weighted by atomic mass is 19.1. The standard InChI is InChI=1S/C27H25FN2O5/c1-16(27(34)35)29-25(32)24(30-14-20-4-2-3-5-21(20)26(30)33)13-17-6-9-19(10-7-17)22-12-18(15-31)8-11-23(22)28/h2-12,16,24,31H,13-15H2,1H3,(H,29,32)(H,34,35)/t16-,24-/m0/s1. The highest BCUT2D eigenvalue weighted by Crippen LogP contribution is 2.28. The van der Waals surface area contributed by atoms with Crippen LogP contribution in [0.4, 0.5) is 4.39 Å². The number of amides is 2. The maximum absolute atomic E-state index is 14.3. The van der Waals surface area contributed by atoms with Crippen LogP contribution >= 0.6 is 0 Å². The first-order chi connectivity index (χ1) is 16.8. The number of rotatable bonds is 8. The molecule has 0 saturated carbocycles. The number of benzene rings is 3. The van der Waals surface area contributed by atoms with Crippen LogP contribution in [0.5, 0.6) is 0 Å². The van der Waals surface area contributed by atoms with Crippen molar-refractivity contribution >= 4 is 17.8 Å². The van der Waals surface area contributed by atoms with Crippen molar-refractivity contribution in [1.29, 1.82) is 0 Å². The van der Waals surface area contributed by atoms with E-state index in [2.05, 4.69) is 5.32 Å². The molecule has 2 amide bonds. The van der Waals surface area contributed by atoms with Gasteiger partial charge >= 0.3 is 5.97 Å². The number of carbonyl (C=O) groups excluding carboxylic acids is 2. The average molecular weight is 477 g/mol. The molecule has 2 atom stereocenters. The van der Waals surface area contributed by atoms with Crippen molar-refractivity contribution in [3.63, 3.8) is 0 Å². The van der Waals surface area contributed by atoms with Gasteiger partial charge in [-0.3, -0.25) is 14.4 Å². The van der Waals surface area contributed by atoms with Crippen LogP contribution in [0, 0.1) is 5.82 Å². The predicted octanol–water partition coefficient (Wildman–Crippen LogP) is 3.14. The molecule has 1 aliphatic rings. The Kier molecular flexibility index (Phi) is 6.93. The number of halogens is 1. The Bertz CT molecular complexity index is 1270.